The third-order valence-electron chi connectivity index (χ3n) is 5.29. The summed E-state index contributed by atoms with van der Waals surface area (Å²) < 4.78 is 5.21. The Morgan fingerprint density at radius 2 is 1.69 bits per heavy atom. The summed E-state index contributed by atoms with van der Waals surface area (Å²) in [7, 11) is 0. The molecule has 0 radical (unpaired) electrons. The molecular weight excluding hydrogens is 200 g/mol. The van der Waals surface area contributed by atoms with Crippen LogP contribution in [-0.2, 0) is 4.74 Å². The lowest BCUT2D eigenvalue weighted by molar-refractivity contribution is -0.180. The van der Waals surface area contributed by atoms with Crippen molar-refractivity contribution in [2.75, 3.05) is 6.61 Å². The molecule has 1 N–H and O–H groups in total. The van der Waals surface area contributed by atoms with Crippen molar-refractivity contribution in [1.82, 2.24) is 0 Å². The lowest BCUT2D eigenvalue weighted by Crippen LogP contribution is -2.57. The molecule has 0 saturated heterocycles. The van der Waals surface area contributed by atoms with Gasteiger partial charge in [-0.1, -0.05) is 6.58 Å². The van der Waals surface area contributed by atoms with Gasteiger partial charge in [0, 0.05) is 6.42 Å². The topological polar surface area (TPSA) is 29.5 Å². The number of ether oxygens (including phenoxy) is 1. The zero-order valence-electron chi connectivity index (χ0n) is 9.90. The molecule has 4 aliphatic rings. The molecule has 2 heteroatoms. The van der Waals surface area contributed by atoms with Crippen molar-refractivity contribution in [1.29, 1.82) is 0 Å². The van der Waals surface area contributed by atoms with Crippen molar-refractivity contribution < 1.29 is 9.84 Å². The van der Waals surface area contributed by atoms with Gasteiger partial charge < -0.3 is 9.84 Å². The van der Waals surface area contributed by atoms with Crippen molar-refractivity contribution in [3.8, 4) is 0 Å². The predicted octanol–water partition coefficient (Wildman–Crippen LogP) is 2.72. The largest absolute Gasteiger partial charge is 0.502 e. The van der Waals surface area contributed by atoms with Crippen LogP contribution in [0, 0.1) is 23.7 Å². The van der Waals surface area contributed by atoms with Gasteiger partial charge in [-0.3, -0.25) is 0 Å². The summed E-state index contributed by atoms with van der Waals surface area (Å²) in [5.74, 6) is 2.94. The maximum atomic E-state index is 10.9. The van der Waals surface area contributed by atoms with Crippen LogP contribution in [0.3, 0.4) is 0 Å². The Balaban J connectivity index is 1.72. The first-order chi connectivity index (χ1) is 7.72. The van der Waals surface area contributed by atoms with Crippen LogP contribution in [-0.4, -0.2) is 17.3 Å². The molecule has 2 nitrogen and oxygen atoms in total. The van der Waals surface area contributed by atoms with Crippen molar-refractivity contribution in [3.05, 3.63) is 12.8 Å². The van der Waals surface area contributed by atoms with Gasteiger partial charge in [-0.2, -0.15) is 0 Å². The fraction of sp³-hybridized carbons (Fsp3) is 0.857. The van der Waals surface area contributed by atoms with Crippen LogP contribution in [0.2, 0.25) is 0 Å². The molecular formula is C14H22O2. The minimum Gasteiger partial charge on any atom is -0.502 e. The molecule has 90 valence electrons. The highest BCUT2D eigenvalue weighted by atomic mass is 16.5. The van der Waals surface area contributed by atoms with Gasteiger partial charge in [0.2, 0.25) is 0 Å². The zero-order valence-corrected chi connectivity index (χ0v) is 9.90. The van der Waals surface area contributed by atoms with Crippen molar-refractivity contribution >= 4 is 0 Å². The Morgan fingerprint density at radius 1 is 1.12 bits per heavy atom. The van der Waals surface area contributed by atoms with Crippen molar-refractivity contribution in [2.45, 2.75) is 44.1 Å². The second-order valence-electron chi connectivity index (χ2n) is 6.08. The number of aliphatic hydroxyl groups is 1. The maximum Gasteiger partial charge on any atom is 0.0900 e. The third kappa shape index (κ3) is 1.50. The zero-order chi connectivity index (χ0) is 11.2. The molecule has 0 aromatic rings. The van der Waals surface area contributed by atoms with E-state index in [1.54, 1.807) is 0 Å². The molecule has 0 amide bonds. The molecule has 16 heavy (non-hydrogen) atoms. The molecule has 0 spiro atoms. The first kappa shape index (κ1) is 10.6. The van der Waals surface area contributed by atoms with E-state index in [2.05, 4.69) is 6.58 Å². The second kappa shape index (κ2) is 3.76. The van der Waals surface area contributed by atoms with Gasteiger partial charge in [0.05, 0.1) is 18.5 Å². The van der Waals surface area contributed by atoms with Crippen LogP contribution in [0.5, 0.6) is 0 Å². The van der Waals surface area contributed by atoms with Crippen molar-refractivity contribution in [3.63, 3.8) is 0 Å². The Kier molecular flexibility index (Phi) is 2.50. The molecule has 4 saturated carbocycles. The average Bonchev–Trinajstić information content (AvgIpc) is 2.25. The highest BCUT2D eigenvalue weighted by molar-refractivity contribution is 5.06. The van der Waals surface area contributed by atoms with Crippen LogP contribution >= 0.6 is 0 Å². The maximum absolute atomic E-state index is 10.9. The molecule has 0 atom stereocenters. The van der Waals surface area contributed by atoms with Gasteiger partial charge >= 0.3 is 0 Å². The van der Waals surface area contributed by atoms with E-state index in [0.717, 1.165) is 18.3 Å². The van der Waals surface area contributed by atoms with Gasteiger partial charge in [0.15, 0.2) is 0 Å². The van der Waals surface area contributed by atoms with Gasteiger partial charge in [0.1, 0.15) is 0 Å². The molecule has 0 aromatic carbocycles. The standard InChI is InChI=1S/C14H22O2/c1-2-16-4-3-14(15)12-6-10-5-11(8-12)9-13(14)7-10/h2,10-13,15H,1,3-9H2. The van der Waals surface area contributed by atoms with Gasteiger partial charge in [-0.05, 0) is 55.8 Å². The average molecular weight is 222 g/mol. The molecule has 0 aromatic heterocycles. The molecule has 4 bridgehead atoms. The minimum absolute atomic E-state index is 0.420. The number of rotatable bonds is 4. The van der Waals surface area contributed by atoms with Crippen LogP contribution in [0.4, 0.5) is 0 Å². The Labute approximate surface area is 97.7 Å². The van der Waals surface area contributed by atoms with E-state index in [4.69, 9.17) is 4.74 Å². The molecule has 4 fully saturated rings. The van der Waals surface area contributed by atoms with E-state index in [1.807, 2.05) is 0 Å². The summed E-state index contributed by atoms with van der Waals surface area (Å²) in [5.41, 5.74) is -0.420. The van der Waals surface area contributed by atoms with Gasteiger partial charge in [0.25, 0.3) is 0 Å². The van der Waals surface area contributed by atoms with E-state index >= 15 is 0 Å². The SMILES string of the molecule is C=COCCC1(O)C2CC3CC(C2)CC1C3. The Bertz CT molecular complexity index is 256. The van der Waals surface area contributed by atoms with Crippen LogP contribution in [0.25, 0.3) is 0 Å². The summed E-state index contributed by atoms with van der Waals surface area (Å²) >= 11 is 0. The fourth-order valence-electron chi connectivity index (χ4n) is 4.71. The van der Waals surface area contributed by atoms with Gasteiger partial charge in [-0.25, -0.2) is 0 Å². The quantitative estimate of drug-likeness (QED) is 0.585. The fourth-order valence-corrected chi connectivity index (χ4v) is 4.71. The molecule has 4 aliphatic carbocycles. The van der Waals surface area contributed by atoms with E-state index in [9.17, 15) is 5.11 Å². The lowest BCUT2D eigenvalue weighted by Gasteiger charge is -2.59. The van der Waals surface area contributed by atoms with Crippen LogP contribution in [0.1, 0.15) is 38.5 Å². The highest BCUT2D eigenvalue weighted by Crippen LogP contribution is 2.59. The summed E-state index contributed by atoms with van der Waals surface area (Å²) in [5, 5.41) is 10.9. The molecule has 4 rings (SSSR count). The third-order valence-corrected chi connectivity index (χ3v) is 5.29. The van der Waals surface area contributed by atoms with E-state index in [-0.39, 0.29) is 0 Å². The predicted molar refractivity (Wildman–Crippen MR) is 62.8 cm³/mol. The molecule has 0 aliphatic heterocycles. The van der Waals surface area contributed by atoms with Crippen LogP contribution in [0.15, 0.2) is 12.8 Å². The van der Waals surface area contributed by atoms with E-state index in [0.29, 0.717) is 18.4 Å². The summed E-state index contributed by atoms with van der Waals surface area (Å²) in [6.45, 7) is 4.18. The van der Waals surface area contributed by atoms with E-state index in [1.165, 1.54) is 38.4 Å². The van der Waals surface area contributed by atoms with Crippen molar-refractivity contribution in [2.24, 2.45) is 23.7 Å². The number of hydrogen-bond donors (Lipinski definition) is 1. The Morgan fingerprint density at radius 3 is 2.19 bits per heavy atom. The first-order valence-electron chi connectivity index (χ1n) is 6.67. The van der Waals surface area contributed by atoms with Crippen LogP contribution < -0.4 is 0 Å². The summed E-state index contributed by atoms with van der Waals surface area (Å²) in [6, 6.07) is 0. The lowest BCUT2D eigenvalue weighted by atomic mass is 9.49. The normalized spacial score (nSPS) is 49.3. The first-order valence-corrected chi connectivity index (χ1v) is 6.67. The second-order valence-corrected chi connectivity index (χ2v) is 6.08. The number of hydrogen-bond acceptors (Lipinski definition) is 2. The molecule has 0 unspecified atom stereocenters. The highest BCUT2D eigenvalue weighted by Gasteiger charge is 2.56. The Hall–Kier alpha value is -0.500. The van der Waals surface area contributed by atoms with E-state index < -0.39 is 5.60 Å². The minimum atomic E-state index is -0.420. The van der Waals surface area contributed by atoms with Gasteiger partial charge in [-0.15, -0.1) is 0 Å². The summed E-state index contributed by atoms with van der Waals surface area (Å²) in [6.07, 6.45) is 8.77. The summed E-state index contributed by atoms with van der Waals surface area (Å²) in [4.78, 5) is 0. The monoisotopic (exact) mass is 222 g/mol. The smallest absolute Gasteiger partial charge is 0.0900 e. The molecule has 0 heterocycles.